The minimum absolute atomic E-state index is 0.0238. The van der Waals surface area contributed by atoms with Crippen LogP contribution in [-0.4, -0.2) is 32.1 Å². The SMILES string of the molecule is CC(=O)c1ccccc1-c1cccc2c(=O)cc(N3CCOCC3)oc12. The molecular formula is C21H19NO4. The van der Waals surface area contributed by atoms with Gasteiger partial charge in [0.1, 0.15) is 5.58 Å². The molecule has 0 atom stereocenters. The van der Waals surface area contributed by atoms with Crippen LogP contribution >= 0.6 is 0 Å². The summed E-state index contributed by atoms with van der Waals surface area (Å²) in [5.74, 6) is 0.517. The Morgan fingerprint density at radius 2 is 1.73 bits per heavy atom. The number of benzene rings is 2. The standard InChI is InChI=1S/C21H19NO4/c1-14(23)15-5-2-3-6-16(15)17-7-4-8-18-19(24)13-20(26-21(17)18)22-9-11-25-12-10-22/h2-8,13H,9-12H2,1H3. The third-order valence-corrected chi connectivity index (χ3v) is 4.66. The number of carbonyl (C=O) groups excluding carboxylic acids is 1. The third-order valence-electron chi connectivity index (χ3n) is 4.66. The Morgan fingerprint density at radius 3 is 2.50 bits per heavy atom. The minimum atomic E-state index is -0.0881. The van der Waals surface area contributed by atoms with Crippen molar-refractivity contribution in [2.75, 3.05) is 31.2 Å². The number of ketones is 1. The van der Waals surface area contributed by atoms with E-state index in [2.05, 4.69) is 0 Å². The number of nitrogens with zero attached hydrogens (tertiary/aromatic N) is 1. The van der Waals surface area contributed by atoms with E-state index in [0.717, 1.165) is 11.1 Å². The average molecular weight is 349 g/mol. The summed E-state index contributed by atoms with van der Waals surface area (Å²) in [7, 11) is 0. The van der Waals surface area contributed by atoms with Crippen LogP contribution in [0.2, 0.25) is 0 Å². The zero-order chi connectivity index (χ0) is 18.1. The molecule has 1 saturated heterocycles. The number of anilines is 1. The molecular weight excluding hydrogens is 330 g/mol. The van der Waals surface area contributed by atoms with E-state index < -0.39 is 0 Å². The number of hydrogen-bond acceptors (Lipinski definition) is 5. The van der Waals surface area contributed by atoms with Crippen molar-refractivity contribution in [1.29, 1.82) is 0 Å². The van der Waals surface area contributed by atoms with Gasteiger partial charge < -0.3 is 14.1 Å². The second-order valence-corrected chi connectivity index (χ2v) is 6.33. The van der Waals surface area contributed by atoms with Crippen LogP contribution in [0.1, 0.15) is 17.3 Å². The molecule has 0 unspecified atom stereocenters. The van der Waals surface area contributed by atoms with Crippen molar-refractivity contribution in [2.45, 2.75) is 6.92 Å². The molecule has 0 spiro atoms. The highest BCUT2D eigenvalue weighted by Gasteiger charge is 2.18. The summed E-state index contributed by atoms with van der Waals surface area (Å²) in [5.41, 5.74) is 2.55. The number of para-hydroxylation sites is 1. The summed E-state index contributed by atoms with van der Waals surface area (Å²) in [6, 6.07) is 14.4. The van der Waals surface area contributed by atoms with Gasteiger partial charge >= 0.3 is 0 Å². The zero-order valence-electron chi connectivity index (χ0n) is 14.5. The number of hydrogen-bond donors (Lipinski definition) is 0. The third kappa shape index (κ3) is 2.91. The lowest BCUT2D eigenvalue weighted by atomic mass is 9.96. The Balaban J connectivity index is 1.95. The van der Waals surface area contributed by atoms with Crippen molar-refractivity contribution >= 4 is 22.6 Å². The fourth-order valence-corrected chi connectivity index (χ4v) is 3.34. The van der Waals surface area contributed by atoms with Gasteiger partial charge in [-0.25, -0.2) is 0 Å². The molecule has 2 heterocycles. The molecule has 0 saturated carbocycles. The van der Waals surface area contributed by atoms with Crippen molar-refractivity contribution < 1.29 is 13.9 Å². The Kier molecular flexibility index (Phi) is 4.31. The van der Waals surface area contributed by atoms with Crippen molar-refractivity contribution in [3.05, 3.63) is 64.3 Å². The fraction of sp³-hybridized carbons (Fsp3) is 0.238. The maximum Gasteiger partial charge on any atom is 0.200 e. The lowest BCUT2D eigenvalue weighted by molar-refractivity contribution is 0.101. The number of fused-ring (bicyclic) bond motifs is 1. The smallest absolute Gasteiger partial charge is 0.200 e. The van der Waals surface area contributed by atoms with Crippen LogP contribution in [0.3, 0.4) is 0 Å². The molecule has 1 aliphatic heterocycles. The highest BCUT2D eigenvalue weighted by molar-refractivity contribution is 6.04. The molecule has 132 valence electrons. The van der Waals surface area contributed by atoms with Gasteiger partial charge in [-0.05, 0) is 18.6 Å². The molecule has 0 aliphatic carbocycles. The fourth-order valence-electron chi connectivity index (χ4n) is 3.34. The van der Waals surface area contributed by atoms with Gasteiger partial charge in [0.15, 0.2) is 17.1 Å². The summed E-state index contributed by atoms with van der Waals surface area (Å²) in [5, 5.41) is 0.512. The summed E-state index contributed by atoms with van der Waals surface area (Å²) >= 11 is 0. The molecule has 1 aromatic heterocycles. The number of ether oxygens (including phenoxy) is 1. The van der Waals surface area contributed by atoms with E-state index in [4.69, 9.17) is 9.15 Å². The molecule has 1 aliphatic rings. The van der Waals surface area contributed by atoms with Gasteiger partial charge in [-0.3, -0.25) is 9.59 Å². The zero-order valence-corrected chi connectivity index (χ0v) is 14.5. The monoisotopic (exact) mass is 349 g/mol. The molecule has 26 heavy (non-hydrogen) atoms. The Hall–Kier alpha value is -2.92. The minimum Gasteiger partial charge on any atom is -0.440 e. The van der Waals surface area contributed by atoms with E-state index in [0.29, 0.717) is 48.7 Å². The van der Waals surface area contributed by atoms with Crippen molar-refractivity contribution in [1.82, 2.24) is 0 Å². The maximum atomic E-state index is 12.7. The van der Waals surface area contributed by atoms with Crippen molar-refractivity contribution in [3.63, 3.8) is 0 Å². The van der Waals surface area contributed by atoms with Crippen LogP contribution in [0.5, 0.6) is 0 Å². The van der Waals surface area contributed by atoms with Crippen LogP contribution in [-0.2, 0) is 4.74 Å². The van der Waals surface area contributed by atoms with Gasteiger partial charge in [0.25, 0.3) is 0 Å². The molecule has 2 aromatic carbocycles. The van der Waals surface area contributed by atoms with E-state index in [1.54, 1.807) is 19.1 Å². The normalized spacial score (nSPS) is 14.6. The molecule has 0 amide bonds. The number of Topliss-reactive ketones (excluding diaryl/α,β-unsaturated/α-hetero) is 1. The summed E-state index contributed by atoms with van der Waals surface area (Å²) in [6.45, 7) is 4.12. The number of carbonyl (C=O) groups is 1. The average Bonchev–Trinajstić information content (AvgIpc) is 2.68. The lowest BCUT2D eigenvalue weighted by Crippen LogP contribution is -2.36. The van der Waals surface area contributed by atoms with E-state index in [9.17, 15) is 9.59 Å². The van der Waals surface area contributed by atoms with Gasteiger partial charge in [0, 0.05) is 30.3 Å². The molecule has 0 N–H and O–H groups in total. The first-order valence-corrected chi connectivity index (χ1v) is 8.65. The Labute approximate surface area is 150 Å². The van der Waals surface area contributed by atoms with Crippen molar-refractivity contribution in [2.24, 2.45) is 0 Å². The topological polar surface area (TPSA) is 59.8 Å². The number of rotatable bonds is 3. The predicted octanol–water partition coefficient (Wildman–Crippen LogP) is 3.50. The maximum absolute atomic E-state index is 12.7. The van der Waals surface area contributed by atoms with Crippen LogP contribution < -0.4 is 10.3 Å². The van der Waals surface area contributed by atoms with Crippen LogP contribution in [0.4, 0.5) is 5.88 Å². The van der Waals surface area contributed by atoms with Crippen LogP contribution in [0.25, 0.3) is 22.1 Å². The molecule has 4 rings (SSSR count). The Morgan fingerprint density at radius 1 is 1.00 bits per heavy atom. The van der Waals surface area contributed by atoms with Gasteiger partial charge in [0.05, 0.1) is 18.6 Å². The lowest BCUT2D eigenvalue weighted by Gasteiger charge is -2.27. The quantitative estimate of drug-likeness (QED) is 0.677. The molecule has 1 fully saturated rings. The van der Waals surface area contributed by atoms with Gasteiger partial charge in [-0.15, -0.1) is 0 Å². The van der Waals surface area contributed by atoms with Gasteiger partial charge in [-0.1, -0.05) is 36.4 Å². The molecule has 0 bridgehead atoms. The first kappa shape index (κ1) is 16.5. The molecule has 0 radical (unpaired) electrons. The van der Waals surface area contributed by atoms with E-state index in [-0.39, 0.29) is 11.2 Å². The number of morpholine rings is 1. The van der Waals surface area contributed by atoms with E-state index in [1.807, 2.05) is 35.2 Å². The second kappa shape index (κ2) is 6.77. The summed E-state index contributed by atoms with van der Waals surface area (Å²) in [4.78, 5) is 26.7. The first-order chi connectivity index (χ1) is 12.6. The largest absolute Gasteiger partial charge is 0.440 e. The summed E-state index contributed by atoms with van der Waals surface area (Å²) < 4.78 is 11.5. The molecule has 5 nitrogen and oxygen atoms in total. The second-order valence-electron chi connectivity index (χ2n) is 6.33. The highest BCUT2D eigenvalue weighted by atomic mass is 16.5. The van der Waals surface area contributed by atoms with Crippen LogP contribution in [0, 0.1) is 0 Å². The Bertz CT molecular complexity index is 1030. The van der Waals surface area contributed by atoms with E-state index >= 15 is 0 Å². The van der Waals surface area contributed by atoms with Gasteiger partial charge in [-0.2, -0.15) is 0 Å². The van der Waals surface area contributed by atoms with E-state index in [1.165, 1.54) is 6.07 Å². The molecule has 5 heteroatoms. The van der Waals surface area contributed by atoms with Gasteiger partial charge in [0.2, 0.25) is 0 Å². The summed E-state index contributed by atoms with van der Waals surface area (Å²) in [6.07, 6.45) is 0. The first-order valence-electron chi connectivity index (χ1n) is 8.65. The van der Waals surface area contributed by atoms with Crippen LogP contribution in [0.15, 0.2) is 57.7 Å². The van der Waals surface area contributed by atoms with Crippen molar-refractivity contribution in [3.8, 4) is 11.1 Å². The predicted molar refractivity (Wildman–Crippen MR) is 101 cm³/mol. The highest BCUT2D eigenvalue weighted by Crippen LogP contribution is 2.32. The molecule has 3 aromatic rings.